The van der Waals surface area contributed by atoms with Crippen LogP contribution in [0.2, 0.25) is 0 Å². The fourth-order valence-corrected chi connectivity index (χ4v) is 4.02. The van der Waals surface area contributed by atoms with Gasteiger partial charge in [-0.3, -0.25) is 30.6 Å². The number of hydrazine groups is 1. The molecule has 31 heavy (non-hydrogen) atoms. The van der Waals surface area contributed by atoms with Crippen LogP contribution in [0.15, 0.2) is 48.5 Å². The largest absolute Gasteiger partial charge is 0.496 e. The molecule has 1 aliphatic heterocycles. The molecule has 2 aromatic rings. The summed E-state index contributed by atoms with van der Waals surface area (Å²) in [6.45, 7) is 0.788. The lowest BCUT2D eigenvalue weighted by Crippen LogP contribution is -2.50. The molecule has 1 heterocycles. The van der Waals surface area contributed by atoms with Crippen molar-refractivity contribution in [2.24, 2.45) is 5.92 Å². The summed E-state index contributed by atoms with van der Waals surface area (Å²) >= 11 is 7.14. The maximum atomic E-state index is 12.4. The second-order valence-corrected chi connectivity index (χ2v) is 8.48. The highest BCUT2D eigenvalue weighted by Gasteiger charge is 2.34. The number of amides is 3. The van der Waals surface area contributed by atoms with Crippen LogP contribution in [0.1, 0.15) is 22.3 Å². The van der Waals surface area contributed by atoms with Gasteiger partial charge in [-0.2, -0.15) is 0 Å². The average molecular weight is 552 g/mol. The number of ether oxygens (including phenoxy) is 1. The minimum atomic E-state index is -0.495. The molecule has 3 rings (SSSR count). The molecule has 3 amide bonds. The number of thiocarbonyl (C=S) groups is 1. The minimum absolute atomic E-state index is 0.0466. The summed E-state index contributed by atoms with van der Waals surface area (Å²) in [4.78, 5) is 38.6. The first-order valence-corrected chi connectivity index (χ1v) is 10.9. The van der Waals surface area contributed by atoms with E-state index >= 15 is 0 Å². The molecule has 3 N–H and O–H groups in total. The molecule has 162 valence electrons. The number of benzene rings is 2. The molecule has 0 bridgehead atoms. The number of hydrogen-bond acceptors (Lipinski definition) is 5. The van der Waals surface area contributed by atoms with Gasteiger partial charge < -0.3 is 9.64 Å². The maximum absolute atomic E-state index is 12.4. The zero-order chi connectivity index (χ0) is 22.4. The van der Waals surface area contributed by atoms with E-state index in [0.29, 0.717) is 24.4 Å². The van der Waals surface area contributed by atoms with E-state index in [1.165, 1.54) is 0 Å². The lowest BCUT2D eigenvalue weighted by Gasteiger charge is -2.17. The van der Waals surface area contributed by atoms with E-state index in [1.54, 1.807) is 30.2 Å². The predicted molar refractivity (Wildman–Crippen MR) is 127 cm³/mol. The van der Waals surface area contributed by atoms with Crippen LogP contribution in [0, 0.1) is 9.49 Å². The SMILES string of the molecule is COc1ccc(C(=O)NC(=S)NNC(=O)C2CC(=O)N(Cc3ccccc3)C2)cc1I. The van der Waals surface area contributed by atoms with Crippen molar-refractivity contribution in [1.29, 1.82) is 0 Å². The van der Waals surface area contributed by atoms with Crippen LogP contribution >= 0.6 is 34.8 Å². The van der Waals surface area contributed by atoms with Crippen molar-refractivity contribution in [2.75, 3.05) is 13.7 Å². The third-order valence-electron chi connectivity index (χ3n) is 4.74. The second-order valence-electron chi connectivity index (χ2n) is 6.91. The predicted octanol–water partition coefficient (Wildman–Crippen LogP) is 1.98. The second kappa shape index (κ2) is 10.5. The molecule has 0 aromatic heterocycles. The van der Waals surface area contributed by atoms with Crippen molar-refractivity contribution in [3.05, 3.63) is 63.2 Å². The van der Waals surface area contributed by atoms with Crippen LogP contribution in [0.25, 0.3) is 0 Å². The van der Waals surface area contributed by atoms with E-state index in [-0.39, 0.29) is 23.3 Å². The lowest BCUT2D eigenvalue weighted by molar-refractivity contribution is -0.129. The van der Waals surface area contributed by atoms with Crippen LogP contribution in [0.5, 0.6) is 5.75 Å². The normalized spacial score (nSPS) is 15.4. The van der Waals surface area contributed by atoms with Gasteiger partial charge in [0, 0.05) is 25.1 Å². The van der Waals surface area contributed by atoms with Crippen LogP contribution in [-0.2, 0) is 16.1 Å². The highest BCUT2D eigenvalue weighted by Crippen LogP contribution is 2.22. The number of methoxy groups -OCH3 is 1. The molecule has 0 radical (unpaired) electrons. The molecular formula is C21H21IN4O4S. The maximum Gasteiger partial charge on any atom is 0.257 e. The van der Waals surface area contributed by atoms with Crippen LogP contribution in [-0.4, -0.2) is 41.4 Å². The first-order valence-electron chi connectivity index (χ1n) is 9.43. The highest BCUT2D eigenvalue weighted by atomic mass is 127. The molecule has 1 saturated heterocycles. The monoisotopic (exact) mass is 552 g/mol. The summed E-state index contributed by atoms with van der Waals surface area (Å²) in [6.07, 6.45) is 0.129. The number of hydrogen-bond donors (Lipinski definition) is 3. The molecule has 10 heteroatoms. The van der Waals surface area contributed by atoms with E-state index in [0.717, 1.165) is 9.13 Å². The molecule has 0 saturated carbocycles. The number of likely N-dealkylation sites (tertiary alicyclic amines) is 1. The Kier molecular flexibility index (Phi) is 7.80. The molecule has 1 unspecified atom stereocenters. The fourth-order valence-electron chi connectivity index (χ4n) is 3.14. The Balaban J connectivity index is 1.47. The van der Waals surface area contributed by atoms with Gasteiger partial charge in [-0.15, -0.1) is 0 Å². The number of carbonyl (C=O) groups excluding carboxylic acids is 3. The number of halogens is 1. The average Bonchev–Trinajstić information content (AvgIpc) is 3.13. The van der Waals surface area contributed by atoms with Gasteiger partial charge in [0.25, 0.3) is 5.91 Å². The molecule has 1 atom stereocenters. The van der Waals surface area contributed by atoms with Crippen molar-refractivity contribution in [1.82, 2.24) is 21.1 Å². The van der Waals surface area contributed by atoms with Crippen LogP contribution in [0.4, 0.5) is 0 Å². The van der Waals surface area contributed by atoms with Crippen molar-refractivity contribution >= 4 is 57.6 Å². The van der Waals surface area contributed by atoms with E-state index < -0.39 is 11.8 Å². The molecule has 1 aliphatic rings. The molecule has 0 spiro atoms. The third kappa shape index (κ3) is 6.14. The summed E-state index contributed by atoms with van der Waals surface area (Å²) in [7, 11) is 1.55. The zero-order valence-corrected chi connectivity index (χ0v) is 19.7. The van der Waals surface area contributed by atoms with Gasteiger partial charge in [-0.25, -0.2) is 0 Å². The van der Waals surface area contributed by atoms with Crippen LogP contribution in [0.3, 0.4) is 0 Å². The standard InChI is InChI=1S/C21H21IN4O4S/c1-30-17-8-7-14(9-16(17)22)19(28)23-21(31)25-24-20(29)15-10-18(27)26(12-15)11-13-5-3-2-4-6-13/h2-9,15H,10-12H2,1H3,(H,24,29)(H2,23,25,28,31). The topological polar surface area (TPSA) is 99.8 Å². The number of nitrogens with zero attached hydrogens (tertiary/aromatic N) is 1. The van der Waals surface area contributed by atoms with Crippen LogP contribution < -0.4 is 20.9 Å². The van der Waals surface area contributed by atoms with Gasteiger partial charge in [-0.05, 0) is 58.6 Å². The Labute approximate surface area is 198 Å². The number of rotatable bonds is 5. The van der Waals surface area contributed by atoms with Gasteiger partial charge in [-0.1, -0.05) is 30.3 Å². The van der Waals surface area contributed by atoms with Gasteiger partial charge in [0.05, 0.1) is 16.6 Å². The fraction of sp³-hybridized carbons (Fsp3) is 0.238. The molecule has 0 aliphatic carbocycles. The summed E-state index contributed by atoms with van der Waals surface area (Å²) in [5, 5.41) is 2.46. The first kappa shape index (κ1) is 22.9. The Hall–Kier alpha value is -2.73. The highest BCUT2D eigenvalue weighted by molar-refractivity contribution is 14.1. The molecule has 1 fully saturated rings. The van der Waals surface area contributed by atoms with E-state index in [2.05, 4.69) is 38.8 Å². The van der Waals surface area contributed by atoms with Gasteiger partial charge >= 0.3 is 0 Å². The van der Waals surface area contributed by atoms with E-state index in [1.807, 2.05) is 30.3 Å². The Morgan fingerprint density at radius 2 is 1.94 bits per heavy atom. The smallest absolute Gasteiger partial charge is 0.257 e. The van der Waals surface area contributed by atoms with Crippen molar-refractivity contribution < 1.29 is 19.1 Å². The van der Waals surface area contributed by atoms with Crippen molar-refractivity contribution in [3.63, 3.8) is 0 Å². The Morgan fingerprint density at radius 1 is 1.19 bits per heavy atom. The quantitative estimate of drug-likeness (QED) is 0.298. The number of nitrogens with one attached hydrogen (secondary N) is 3. The molecular weight excluding hydrogens is 531 g/mol. The first-order chi connectivity index (χ1) is 14.9. The summed E-state index contributed by atoms with van der Waals surface area (Å²) < 4.78 is 5.95. The minimum Gasteiger partial charge on any atom is -0.496 e. The van der Waals surface area contributed by atoms with Gasteiger partial charge in [0.15, 0.2) is 5.11 Å². The summed E-state index contributed by atoms with van der Waals surface area (Å²) in [6, 6.07) is 14.6. The Morgan fingerprint density at radius 3 is 2.61 bits per heavy atom. The van der Waals surface area contributed by atoms with E-state index in [9.17, 15) is 14.4 Å². The molecule has 8 nitrogen and oxygen atoms in total. The zero-order valence-electron chi connectivity index (χ0n) is 16.7. The van der Waals surface area contributed by atoms with Gasteiger partial charge in [0.2, 0.25) is 11.8 Å². The summed E-state index contributed by atoms with van der Waals surface area (Å²) in [5.41, 5.74) is 6.40. The van der Waals surface area contributed by atoms with Gasteiger partial charge in [0.1, 0.15) is 5.75 Å². The third-order valence-corrected chi connectivity index (χ3v) is 5.79. The number of carbonyl (C=O) groups is 3. The molecule has 2 aromatic carbocycles. The Bertz CT molecular complexity index is 1000. The van der Waals surface area contributed by atoms with Crippen molar-refractivity contribution in [2.45, 2.75) is 13.0 Å². The van der Waals surface area contributed by atoms with Crippen molar-refractivity contribution in [3.8, 4) is 5.75 Å². The summed E-state index contributed by atoms with van der Waals surface area (Å²) in [5.74, 6) is -0.686. The van der Waals surface area contributed by atoms with E-state index in [4.69, 9.17) is 17.0 Å². The lowest BCUT2D eigenvalue weighted by atomic mass is 10.1.